The fourth-order valence-corrected chi connectivity index (χ4v) is 7.21. The van der Waals surface area contributed by atoms with Crippen molar-refractivity contribution < 1.29 is 8.83 Å². The van der Waals surface area contributed by atoms with Crippen LogP contribution < -0.4 is 9.80 Å². The van der Waals surface area contributed by atoms with Crippen molar-refractivity contribution >= 4 is 77.9 Å². The Bertz CT molecular complexity index is 2630. The molecule has 8 aromatic carbocycles. The third-order valence-electron chi connectivity index (χ3n) is 9.41. The number of rotatable bonds is 7. The molecular formula is C45H29N3O2. The Labute approximate surface area is 288 Å². The van der Waals surface area contributed by atoms with Crippen LogP contribution in [0.4, 0.5) is 34.1 Å². The first kappa shape index (κ1) is 28.2. The highest BCUT2D eigenvalue weighted by molar-refractivity contribution is 6.31. The average molecular weight is 644 g/mol. The first-order valence-corrected chi connectivity index (χ1v) is 16.7. The van der Waals surface area contributed by atoms with Crippen LogP contribution in [-0.4, -0.2) is 4.98 Å². The van der Waals surface area contributed by atoms with E-state index in [1.165, 1.54) is 0 Å². The molecular weight excluding hydrogens is 615 g/mol. The molecule has 0 aliphatic carbocycles. The summed E-state index contributed by atoms with van der Waals surface area (Å²) in [7, 11) is 0. The van der Waals surface area contributed by atoms with Gasteiger partial charge in [0.2, 0.25) is 5.89 Å². The van der Waals surface area contributed by atoms with Gasteiger partial charge >= 0.3 is 0 Å². The van der Waals surface area contributed by atoms with E-state index in [1.54, 1.807) is 0 Å². The van der Waals surface area contributed by atoms with E-state index in [-0.39, 0.29) is 0 Å². The first-order chi connectivity index (χ1) is 24.8. The largest absolute Gasteiger partial charge is 0.456 e. The molecule has 0 spiro atoms. The number of nitrogens with zero attached hydrogens (tertiary/aromatic N) is 3. The van der Waals surface area contributed by atoms with Crippen LogP contribution in [0.5, 0.6) is 0 Å². The van der Waals surface area contributed by atoms with E-state index < -0.39 is 0 Å². The quantitative estimate of drug-likeness (QED) is 0.162. The second kappa shape index (κ2) is 11.4. The Balaban J connectivity index is 1.08. The number of benzene rings is 8. The number of oxazole rings is 1. The van der Waals surface area contributed by atoms with E-state index in [9.17, 15) is 0 Å². The Morgan fingerprint density at radius 2 is 0.840 bits per heavy atom. The molecule has 2 heterocycles. The molecule has 236 valence electrons. The molecule has 50 heavy (non-hydrogen) atoms. The van der Waals surface area contributed by atoms with Crippen molar-refractivity contribution in [2.24, 2.45) is 0 Å². The number of fused-ring (bicyclic) bond motifs is 3. The van der Waals surface area contributed by atoms with Gasteiger partial charge in [0.1, 0.15) is 16.7 Å². The van der Waals surface area contributed by atoms with Crippen molar-refractivity contribution in [3.63, 3.8) is 0 Å². The summed E-state index contributed by atoms with van der Waals surface area (Å²) in [6, 6.07) is 60.8. The molecule has 0 aliphatic rings. The van der Waals surface area contributed by atoms with E-state index in [0.717, 1.165) is 83.5 Å². The molecule has 0 radical (unpaired) electrons. The summed E-state index contributed by atoms with van der Waals surface area (Å²) < 4.78 is 12.7. The van der Waals surface area contributed by atoms with Crippen LogP contribution >= 0.6 is 0 Å². The molecule has 0 atom stereocenters. The molecule has 0 saturated heterocycles. The van der Waals surface area contributed by atoms with Crippen LogP contribution in [0, 0.1) is 0 Å². The number of anilines is 6. The lowest BCUT2D eigenvalue weighted by atomic mass is 10.0. The first-order valence-electron chi connectivity index (χ1n) is 16.7. The van der Waals surface area contributed by atoms with Crippen LogP contribution in [-0.2, 0) is 0 Å². The van der Waals surface area contributed by atoms with Crippen LogP contribution in [0.3, 0.4) is 0 Å². The van der Waals surface area contributed by atoms with Crippen molar-refractivity contribution in [3.8, 4) is 11.5 Å². The van der Waals surface area contributed by atoms with Crippen molar-refractivity contribution in [3.05, 3.63) is 176 Å². The van der Waals surface area contributed by atoms with Crippen LogP contribution in [0.15, 0.2) is 185 Å². The normalized spacial score (nSPS) is 11.6. The molecule has 5 nitrogen and oxygen atoms in total. The SMILES string of the molecule is c1ccc(N(c2ccccc2)c2cccc(N(c3ccccc3)c3ccc(-c4nc5c6cccc7oc8cccc(c5o4)c8c76)cc3)c2)cc1. The summed E-state index contributed by atoms with van der Waals surface area (Å²) in [6.45, 7) is 0. The summed E-state index contributed by atoms with van der Waals surface area (Å²) in [6.07, 6.45) is 0. The lowest BCUT2D eigenvalue weighted by Crippen LogP contribution is -2.13. The average Bonchev–Trinajstić information content (AvgIpc) is 3.80. The molecule has 0 amide bonds. The van der Waals surface area contributed by atoms with Gasteiger partial charge in [0, 0.05) is 61.2 Å². The molecule has 0 aliphatic heterocycles. The van der Waals surface area contributed by atoms with E-state index >= 15 is 0 Å². The molecule has 5 heteroatoms. The molecule has 0 unspecified atom stereocenters. The van der Waals surface area contributed by atoms with Crippen molar-refractivity contribution in [1.29, 1.82) is 0 Å². The summed E-state index contributed by atoms with van der Waals surface area (Å²) in [5.41, 5.74) is 10.6. The number of furan rings is 1. The fraction of sp³-hybridized carbons (Fsp3) is 0. The standard InChI is InChI=1S/C45H29N3O2/c1-4-13-31(14-5-1)47(32-15-6-2-7-16-32)35-19-10-20-36(29-35)48(33-17-8-3-9-18-33)34-27-25-30(26-28-34)45-46-43-37-21-11-23-39-41(37)42-38(44(43)50-45)22-12-24-40(42)49-39/h1-29H. The fourth-order valence-electron chi connectivity index (χ4n) is 7.21. The van der Waals surface area contributed by atoms with E-state index in [1.807, 2.05) is 42.5 Å². The van der Waals surface area contributed by atoms with Gasteiger partial charge in [0.25, 0.3) is 0 Å². The van der Waals surface area contributed by atoms with E-state index in [4.69, 9.17) is 13.8 Å². The minimum Gasteiger partial charge on any atom is -0.456 e. The third kappa shape index (κ3) is 4.52. The predicted octanol–water partition coefficient (Wildman–Crippen LogP) is 12.9. The maximum atomic E-state index is 6.56. The number of hydrogen-bond donors (Lipinski definition) is 0. The molecule has 0 fully saturated rings. The second-order valence-electron chi connectivity index (χ2n) is 12.4. The highest BCUT2D eigenvalue weighted by Crippen LogP contribution is 2.44. The van der Waals surface area contributed by atoms with Gasteiger partial charge in [-0.15, -0.1) is 0 Å². The van der Waals surface area contributed by atoms with Gasteiger partial charge in [-0.25, -0.2) is 4.98 Å². The number of para-hydroxylation sites is 3. The van der Waals surface area contributed by atoms with Gasteiger partial charge in [-0.1, -0.05) is 84.9 Å². The molecule has 10 rings (SSSR count). The lowest BCUT2D eigenvalue weighted by Gasteiger charge is -2.29. The summed E-state index contributed by atoms with van der Waals surface area (Å²) in [5, 5.41) is 4.24. The van der Waals surface area contributed by atoms with Crippen LogP contribution in [0.25, 0.3) is 55.3 Å². The van der Waals surface area contributed by atoms with Gasteiger partial charge in [0.05, 0.1) is 0 Å². The minimum absolute atomic E-state index is 0.590. The third-order valence-corrected chi connectivity index (χ3v) is 9.41. The van der Waals surface area contributed by atoms with Crippen LogP contribution in [0.1, 0.15) is 0 Å². The Hall–Kier alpha value is -6.85. The van der Waals surface area contributed by atoms with Crippen LogP contribution in [0.2, 0.25) is 0 Å². The maximum Gasteiger partial charge on any atom is 0.227 e. The monoisotopic (exact) mass is 643 g/mol. The lowest BCUT2D eigenvalue weighted by molar-refractivity contribution is 0.623. The highest BCUT2D eigenvalue weighted by atomic mass is 16.3. The Morgan fingerprint density at radius 3 is 1.40 bits per heavy atom. The zero-order valence-electron chi connectivity index (χ0n) is 26.9. The smallest absolute Gasteiger partial charge is 0.227 e. The van der Waals surface area contributed by atoms with Crippen molar-refractivity contribution in [2.75, 3.05) is 9.80 Å². The predicted molar refractivity (Wildman–Crippen MR) is 205 cm³/mol. The Kier molecular flexibility index (Phi) is 6.42. The van der Waals surface area contributed by atoms with Gasteiger partial charge in [0.15, 0.2) is 5.58 Å². The van der Waals surface area contributed by atoms with E-state index in [0.29, 0.717) is 5.89 Å². The maximum absolute atomic E-state index is 6.56. The topological polar surface area (TPSA) is 45.7 Å². The van der Waals surface area contributed by atoms with Crippen molar-refractivity contribution in [1.82, 2.24) is 4.98 Å². The second-order valence-corrected chi connectivity index (χ2v) is 12.4. The van der Waals surface area contributed by atoms with Crippen molar-refractivity contribution in [2.45, 2.75) is 0 Å². The van der Waals surface area contributed by atoms with Gasteiger partial charge in [-0.3, -0.25) is 0 Å². The number of hydrogen-bond acceptors (Lipinski definition) is 5. The molecule has 2 aromatic heterocycles. The van der Waals surface area contributed by atoms with E-state index in [2.05, 4.69) is 143 Å². The zero-order chi connectivity index (χ0) is 33.0. The number of aromatic nitrogens is 1. The Morgan fingerprint density at radius 1 is 0.380 bits per heavy atom. The molecule has 10 aromatic rings. The zero-order valence-corrected chi connectivity index (χ0v) is 26.9. The minimum atomic E-state index is 0.590. The molecule has 0 bridgehead atoms. The van der Waals surface area contributed by atoms with Gasteiger partial charge < -0.3 is 18.6 Å². The summed E-state index contributed by atoms with van der Waals surface area (Å²) in [5.74, 6) is 0.590. The van der Waals surface area contributed by atoms with Gasteiger partial charge in [-0.05, 0) is 91.0 Å². The van der Waals surface area contributed by atoms with Gasteiger partial charge in [-0.2, -0.15) is 0 Å². The highest BCUT2D eigenvalue weighted by Gasteiger charge is 2.22. The summed E-state index contributed by atoms with van der Waals surface area (Å²) >= 11 is 0. The summed E-state index contributed by atoms with van der Waals surface area (Å²) in [4.78, 5) is 9.63. The molecule has 0 saturated carbocycles. The molecule has 0 N–H and O–H groups in total.